The van der Waals surface area contributed by atoms with Gasteiger partial charge in [0, 0.05) is 18.6 Å². The summed E-state index contributed by atoms with van der Waals surface area (Å²) in [6, 6.07) is 0. The molecular formula is C34H61NO14. The molecule has 49 heavy (non-hydrogen) atoms. The normalized spacial score (nSPS) is 12.9. The van der Waals surface area contributed by atoms with Crippen LogP contribution in [0.1, 0.15) is 45.4 Å². The van der Waals surface area contributed by atoms with E-state index in [4.69, 9.17) is 52.1 Å². The summed E-state index contributed by atoms with van der Waals surface area (Å²) >= 11 is 0. The van der Waals surface area contributed by atoms with Gasteiger partial charge in [-0.25, -0.2) is 0 Å². The maximum absolute atomic E-state index is 11.6. The van der Waals surface area contributed by atoms with Crippen molar-refractivity contribution >= 4 is 17.8 Å². The van der Waals surface area contributed by atoms with E-state index in [1.54, 1.807) is 0 Å². The van der Waals surface area contributed by atoms with Crippen LogP contribution in [-0.4, -0.2) is 168 Å². The van der Waals surface area contributed by atoms with Gasteiger partial charge in [-0.15, -0.1) is 0 Å². The Balaban J connectivity index is 1.63. The number of unbranched alkanes of at least 4 members (excludes halogenated alkanes) is 4. The Morgan fingerprint density at radius 1 is 0.449 bits per heavy atom. The largest absolute Gasteiger partial charge is 0.463 e. The van der Waals surface area contributed by atoms with Crippen molar-refractivity contribution in [2.45, 2.75) is 45.4 Å². The van der Waals surface area contributed by atoms with Gasteiger partial charge in [0.15, 0.2) is 0 Å². The molecule has 0 spiro atoms. The second-order valence-corrected chi connectivity index (χ2v) is 10.7. The molecule has 0 radical (unpaired) electrons. The first-order chi connectivity index (χ1) is 24.1. The van der Waals surface area contributed by atoms with Crippen LogP contribution in [0.3, 0.4) is 0 Å². The molecule has 1 rings (SSSR count). The molecule has 0 unspecified atom stereocenters. The van der Waals surface area contributed by atoms with Crippen molar-refractivity contribution in [2.75, 3.05) is 145 Å². The van der Waals surface area contributed by atoms with Gasteiger partial charge < -0.3 is 52.1 Å². The number of carbonyl (C=O) groups excluding carboxylic acids is 3. The van der Waals surface area contributed by atoms with Crippen molar-refractivity contribution in [3.05, 3.63) is 12.2 Å². The van der Waals surface area contributed by atoms with E-state index in [0.29, 0.717) is 132 Å². The Morgan fingerprint density at radius 2 is 0.755 bits per heavy atom. The van der Waals surface area contributed by atoms with E-state index in [1.165, 1.54) is 31.4 Å². The number of esters is 1. The first-order valence-electron chi connectivity index (χ1n) is 17.6. The average Bonchev–Trinajstić information content (AvgIpc) is 3.42. The second kappa shape index (κ2) is 35.8. The Labute approximate surface area is 292 Å². The van der Waals surface area contributed by atoms with Crippen molar-refractivity contribution in [2.24, 2.45) is 0 Å². The first-order valence-corrected chi connectivity index (χ1v) is 17.6. The van der Waals surface area contributed by atoms with Crippen molar-refractivity contribution in [3.8, 4) is 0 Å². The summed E-state index contributed by atoms with van der Waals surface area (Å²) in [6.07, 6.45) is 8.55. The molecule has 0 N–H and O–H groups in total. The number of imide groups is 1. The number of ether oxygens (including phenoxy) is 11. The summed E-state index contributed by atoms with van der Waals surface area (Å²) in [7, 11) is 0. The molecular weight excluding hydrogens is 646 g/mol. The number of carbonyl (C=O) groups is 3. The van der Waals surface area contributed by atoms with Gasteiger partial charge in [-0.05, 0) is 6.42 Å². The summed E-state index contributed by atoms with van der Waals surface area (Å²) in [6.45, 7) is 11.6. The van der Waals surface area contributed by atoms with Crippen LogP contribution in [0.4, 0.5) is 0 Å². The highest BCUT2D eigenvalue weighted by atomic mass is 16.6. The predicted molar refractivity (Wildman–Crippen MR) is 178 cm³/mol. The third-order valence-electron chi connectivity index (χ3n) is 6.68. The summed E-state index contributed by atoms with van der Waals surface area (Å²) < 4.78 is 59.5. The minimum absolute atomic E-state index is 0.153. The molecule has 0 aromatic carbocycles. The van der Waals surface area contributed by atoms with E-state index in [0.717, 1.165) is 17.7 Å². The molecule has 15 heteroatoms. The number of hydrogen-bond acceptors (Lipinski definition) is 14. The van der Waals surface area contributed by atoms with Gasteiger partial charge in [-0.2, -0.15) is 0 Å². The van der Waals surface area contributed by atoms with Crippen LogP contribution in [0, 0.1) is 0 Å². The van der Waals surface area contributed by atoms with Crippen LogP contribution >= 0.6 is 0 Å². The molecule has 0 saturated carbocycles. The van der Waals surface area contributed by atoms with Crippen LogP contribution in [-0.2, 0) is 66.5 Å². The molecule has 1 aliphatic rings. The van der Waals surface area contributed by atoms with Crippen LogP contribution in [0.15, 0.2) is 12.2 Å². The van der Waals surface area contributed by atoms with Gasteiger partial charge in [-0.3, -0.25) is 19.3 Å². The highest BCUT2D eigenvalue weighted by Gasteiger charge is 2.22. The van der Waals surface area contributed by atoms with E-state index < -0.39 is 0 Å². The maximum Gasteiger partial charge on any atom is 0.305 e. The lowest BCUT2D eigenvalue weighted by molar-refractivity contribution is -0.145. The fourth-order valence-corrected chi connectivity index (χ4v) is 4.05. The topological polar surface area (TPSA) is 156 Å². The van der Waals surface area contributed by atoms with Crippen LogP contribution in [0.25, 0.3) is 0 Å². The van der Waals surface area contributed by atoms with E-state index in [9.17, 15) is 14.4 Å². The monoisotopic (exact) mass is 707 g/mol. The highest BCUT2D eigenvalue weighted by molar-refractivity contribution is 6.12. The molecule has 0 atom stereocenters. The lowest BCUT2D eigenvalue weighted by atomic mass is 10.1. The summed E-state index contributed by atoms with van der Waals surface area (Å²) in [5.74, 6) is -0.771. The van der Waals surface area contributed by atoms with Crippen molar-refractivity contribution < 1.29 is 66.5 Å². The first kappa shape index (κ1) is 45.0. The summed E-state index contributed by atoms with van der Waals surface area (Å²) in [4.78, 5) is 35.6. The van der Waals surface area contributed by atoms with E-state index >= 15 is 0 Å². The number of rotatable bonds is 39. The number of hydrogen-bond donors (Lipinski definition) is 0. The van der Waals surface area contributed by atoms with Crippen molar-refractivity contribution in [1.82, 2.24) is 4.90 Å². The quantitative estimate of drug-likeness (QED) is 0.0519. The fraction of sp³-hybridized carbons (Fsp3) is 0.853. The molecule has 0 fully saturated rings. The van der Waals surface area contributed by atoms with Crippen molar-refractivity contribution in [1.29, 1.82) is 0 Å². The standard InChI is InChI=1S/C34H61NO14/c1-2-3-4-5-6-7-34(38)49-31-30-48-29-28-47-27-26-46-25-24-45-23-22-44-21-20-43-19-18-42-17-16-41-15-14-40-13-12-39-11-10-35-32(36)8-9-33(35)37/h8-9H,2-7,10-31H2,1H3. The zero-order valence-electron chi connectivity index (χ0n) is 29.6. The SMILES string of the molecule is CCCCCCCC(=O)OCCOCCOCCOCCOCCOCCOCCOCCOCCOCCOCCN1C(=O)C=CC1=O. The molecule has 0 aromatic heterocycles. The van der Waals surface area contributed by atoms with Crippen LogP contribution < -0.4 is 0 Å². The third kappa shape index (κ3) is 30.5. The molecule has 0 aromatic rings. The molecule has 1 heterocycles. The van der Waals surface area contributed by atoms with E-state index in [-0.39, 0.29) is 37.5 Å². The van der Waals surface area contributed by atoms with Gasteiger partial charge in [0.05, 0.1) is 139 Å². The molecule has 15 nitrogen and oxygen atoms in total. The van der Waals surface area contributed by atoms with E-state index in [1.807, 2.05) is 0 Å². The van der Waals surface area contributed by atoms with Gasteiger partial charge in [0.2, 0.25) is 0 Å². The van der Waals surface area contributed by atoms with Gasteiger partial charge in [0.25, 0.3) is 11.8 Å². The van der Waals surface area contributed by atoms with Gasteiger partial charge >= 0.3 is 5.97 Å². The minimum atomic E-state index is -0.309. The van der Waals surface area contributed by atoms with Crippen LogP contribution in [0.2, 0.25) is 0 Å². The zero-order valence-corrected chi connectivity index (χ0v) is 29.6. The fourth-order valence-electron chi connectivity index (χ4n) is 4.05. The molecule has 0 bridgehead atoms. The number of nitrogens with zero attached hydrogens (tertiary/aromatic N) is 1. The molecule has 0 aliphatic carbocycles. The average molecular weight is 708 g/mol. The van der Waals surface area contributed by atoms with Gasteiger partial charge in [0.1, 0.15) is 6.61 Å². The molecule has 286 valence electrons. The molecule has 0 saturated heterocycles. The molecule has 2 amide bonds. The zero-order chi connectivity index (χ0) is 35.3. The Bertz CT molecular complexity index is 798. The lowest BCUT2D eigenvalue weighted by Crippen LogP contribution is -2.33. The van der Waals surface area contributed by atoms with Gasteiger partial charge in [-0.1, -0.05) is 32.6 Å². The Kier molecular flexibility index (Phi) is 32.8. The highest BCUT2D eigenvalue weighted by Crippen LogP contribution is 2.05. The smallest absolute Gasteiger partial charge is 0.305 e. The Hall–Kier alpha value is -2.05. The minimum Gasteiger partial charge on any atom is -0.463 e. The Morgan fingerprint density at radius 3 is 1.10 bits per heavy atom. The third-order valence-corrected chi connectivity index (χ3v) is 6.68. The predicted octanol–water partition coefficient (Wildman–Crippen LogP) is 1.98. The maximum atomic E-state index is 11.6. The van der Waals surface area contributed by atoms with Crippen molar-refractivity contribution in [3.63, 3.8) is 0 Å². The second-order valence-electron chi connectivity index (χ2n) is 10.7. The van der Waals surface area contributed by atoms with E-state index in [2.05, 4.69) is 6.92 Å². The molecule has 1 aliphatic heterocycles. The lowest BCUT2D eigenvalue weighted by Gasteiger charge is -2.13. The summed E-state index contributed by atoms with van der Waals surface area (Å²) in [5, 5.41) is 0. The number of amides is 2. The van der Waals surface area contributed by atoms with Crippen LogP contribution in [0.5, 0.6) is 0 Å². The summed E-state index contributed by atoms with van der Waals surface area (Å²) in [5.41, 5.74) is 0.